The number of halogens is 2. The van der Waals surface area contributed by atoms with Crippen LogP contribution in [0.5, 0.6) is 0 Å². The van der Waals surface area contributed by atoms with Crippen molar-refractivity contribution in [3.63, 3.8) is 0 Å². The standard InChI is InChI=1S/C35H49F2N3O6S/c1-4-9-31(10-5-2)47(44,45)24-28(15-16-39-35(43)46-23-26-11-7-6-8-12-26)34(42)40(21-25-13-14-25)22-33(41)32(38-3)19-27-17-29(36)20-30(37)18-27/h6-8,11-12,17-18,20,25,28,31-33,41H,3-5,9-10,13-16,19,21-24H2,1-2H3,(H,39,43)/t28?,32-,33+/m0/s1. The van der Waals surface area contributed by atoms with E-state index in [1.807, 2.05) is 44.2 Å². The molecule has 12 heteroatoms. The number of hydrogen-bond donors (Lipinski definition) is 2. The minimum absolute atomic E-state index is 0.00661. The van der Waals surface area contributed by atoms with Crippen molar-refractivity contribution >= 4 is 28.6 Å². The number of hydrogen-bond acceptors (Lipinski definition) is 7. The average Bonchev–Trinajstić information content (AvgIpc) is 3.85. The van der Waals surface area contributed by atoms with Crippen molar-refractivity contribution in [2.75, 3.05) is 25.4 Å². The Labute approximate surface area is 277 Å². The lowest BCUT2D eigenvalue weighted by atomic mass is 10.00. The highest BCUT2D eigenvalue weighted by Crippen LogP contribution is 2.31. The van der Waals surface area contributed by atoms with Gasteiger partial charge in [-0.15, -0.1) is 0 Å². The third-order valence-electron chi connectivity index (χ3n) is 8.43. The molecule has 47 heavy (non-hydrogen) atoms. The van der Waals surface area contributed by atoms with Gasteiger partial charge < -0.3 is 20.1 Å². The summed E-state index contributed by atoms with van der Waals surface area (Å²) >= 11 is 0. The van der Waals surface area contributed by atoms with Gasteiger partial charge in [-0.05, 0) is 74.4 Å². The Morgan fingerprint density at radius 1 is 1.04 bits per heavy atom. The molecule has 3 atom stereocenters. The SMILES string of the molecule is C=N[C@@H](Cc1cc(F)cc(F)c1)[C@H](O)CN(CC1CC1)C(=O)C(CCNC(=O)OCc1ccccc1)CS(=O)(=O)C(CCC)CCC. The van der Waals surface area contributed by atoms with Gasteiger partial charge in [-0.25, -0.2) is 22.0 Å². The van der Waals surface area contributed by atoms with Crippen LogP contribution in [0.3, 0.4) is 0 Å². The largest absolute Gasteiger partial charge is 0.445 e. The Bertz CT molecular complexity index is 1380. The molecule has 260 valence electrons. The number of benzene rings is 2. The molecule has 2 amide bonds. The molecule has 1 unspecified atom stereocenters. The summed E-state index contributed by atoms with van der Waals surface area (Å²) in [6.07, 6.45) is 2.27. The predicted octanol–water partition coefficient (Wildman–Crippen LogP) is 5.49. The highest BCUT2D eigenvalue weighted by molar-refractivity contribution is 7.92. The van der Waals surface area contributed by atoms with Gasteiger partial charge in [-0.3, -0.25) is 9.79 Å². The Hall–Kier alpha value is -3.38. The highest BCUT2D eigenvalue weighted by atomic mass is 32.2. The number of aliphatic hydroxyl groups is 1. The lowest BCUT2D eigenvalue weighted by Crippen LogP contribution is -2.47. The van der Waals surface area contributed by atoms with E-state index < -0.39 is 56.8 Å². The van der Waals surface area contributed by atoms with Crippen molar-refractivity contribution in [3.05, 3.63) is 71.3 Å². The fourth-order valence-electron chi connectivity index (χ4n) is 5.73. The van der Waals surface area contributed by atoms with Crippen LogP contribution in [-0.2, 0) is 32.4 Å². The van der Waals surface area contributed by atoms with Crippen LogP contribution >= 0.6 is 0 Å². The van der Waals surface area contributed by atoms with Gasteiger partial charge in [0.05, 0.1) is 29.1 Å². The van der Waals surface area contributed by atoms with Crippen LogP contribution < -0.4 is 5.32 Å². The molecular weight excluding hydrogens is 628 g/mol. The molecule has 3 rings (SSSR count). The first-order valence-corrected chi connectivity index (χ1v) is 18.2. The van der Waals surface area contributed by atoms with Crippen LogP contribution in [0.4, 0.5) is 13.6 Å². The minimum Gasteiger partial charge on any atom is -0.445 e. The molecular formula is C35H49F2N3O6S. The van der Waals surface area contributed by atoms with Crippen molar-refractivity contribution in [2.24, 2.45) is 16.8 Å². The number of sulfone groups is 1. The van der Waals surface area contributed by atoms with Crippen molar-refractivity contribution < 1.29 is 36.6 Å². The number of rotatable bonds is 21. The molecule has 0 saturated heterocycles. The van der Waals surface area contributed by atoms with E-state index >= 15 is 0 Å². The van der Waals surface area contributed by atoms with Gasteiger partial charge in [0.25, 0.3) is 0 Å². The summed E-state index contributed by atoms with van der Waals surface area (Å²) < 4.78 is 60.2. The normalized spacial score (nSPS) is 15.1. The van der Waals surface area contributed by atoms with Crippen LogP contribution in [0.1, 0.15) is 69.9 Å². The molecule has 0 heterocycles. The van der Waals surface area contributed by atoms with Crippen LogP contribution in [0.2, 0.25) is 0 Å². The van der Waals surface area contributed by atoms with Gasteiger partial charge in [0.2, 0.25) is 5.91 Å². The predicted molar refractivity (Wildman–Crippen MR) is 179 cm³/mol. The topological polar surface area (TPSA) is 125 Å². The Morgan fingerprint density at radius 3 is 2.26 bits per heavy atom. The van der Waals surface area contributed by atoms with Crippen LogP contribution in [-0.4, -0.2) is 79.9 Å². The smallest absolute Gasteiger partial charge is 0.407 e. The lowest BCUT2D eigenvalue weighted by molar-refractivity contribution is -0.137. The zero-order valence-corrected chi connectivity index (χ0v) is 28.3. The monoisotopic (exact) mass is 677 g/mol. The summed E-state index contributed by atoms with van der Waals surface area (Å²) in [5, 5.41) is 13.3. The third kappa shape index (κ3) is 13.0. The number of nitrogens with zero attached hydrogens (tertiary/aromatic N) is 2. The van der Waals surface area contributed by atoms with Gasteiger partial charge in [-0.2, -0.15) is 0 Å². The number of nitrogens with one attached hydrogen (secondary N) is 1. The number of carbonyl (C=O) groups is 2. The summed E-state index contributed by atoms with van der Waals surface area (Å²) in [6, 6.07) is 11.4. The first-order chi connectivity index (χ1) is 22.4. The quantitative estimate of drug-likeness (QED) is 0.168. The molecule has 1 fully saturated rings. The molecule has 0 aromatic heterocycles. The highest BCUT2D eigenvalue weighted by Gasteiger charge is 2.36. The molecule has 0 spiro atoms. The molecule has 0 aliphatic heterocycles. The van der Waals surface area contributed by atoms with E-state index in [-0.39, 0.29) is 49.8 Å². The maximum Gasteiger partial charge on any atom is 0.407 e. The van der Waals surface area contributed by atoms with Crippen LogP contribution in [0.15, 0.2) is 53.5 Å². The number of alkyl carbamates (subject to hydrolysis) is 1. The first-order valence-electron chi connectivity index (χ1n) is 16.5. The van der Waals surface area contributed by atoms with E-state index in [0.29, 0.717) is 32.2 Å². The number of ether oxygens (including phenoxy) is 1. The van der Waals surface area contributed by atoms with E-state index in [2.05, 4.69) is 17.0 Å². The lowest BCUT2D eigenvalue weighted by Gasteiger charge is -2.32. The Morgan fingerprint density at radius 2 is 1.68 bits per heavy atom. The number of aliphatic hydroxyl groups excluding tert-OH is 1. The van der Waals surface area contributed by atoms with Gasteiger partial charge in [0, 0.05) is 25.7 Å². The number of carbonyl (C=O) groups excluding carboxylic acids is 2. The van der Waals surface area contributed by atoms with Crippen molar-refractivity contribution in [1.29, 1.82) is 0 Å². The number of aliphatic imine (C=N–C) groups is 1. The zero-order valence-electron chi connectivity index (χ0n) is 27.5. The minimum atomic E-state index is -3.69. The maximum atomic E-state index is 14.2. The fourth-order valence-corrected chi connectivity index (χ4v) is 8.06. The van der Waals surface area contributed by atoms with Crippen molar-refractivity contribution in [3.8, 4) is 0 Å². The number of amides is 2. The van der Waals surface area contributed by atoms with E-state index in [1.54, 1.807) is 0 Å². The molecule has 2 N–H and O–H groups in total. The molecule has 2 aromatic carbocycles. The maximum absolute atomic E-state index is 14.2. The Kier molecular flexibility index (Phi) is 15.3. The zero-order chi connectivity index (χ0) is 34.4. The van der Waals surface area contributed by atoms with Gasteiger partial charge in [0.1, 0.15) is 18.2 Å². The third-order valence-corrected chi connectivity index (χ3v) is 10.8. The van der Waals surface area contributed by atoms with Crippen LogP contribution in [0.25, 0.3) is 0 Å². The summed E-state index contributed by atoms with van der Waals surface area (Å²) in [5.74, 6) is -3.10. The molecule has 1 aliphatic rings. The van der Waals surface area contributed by atoms with Gasteiger partial charge >= 0.3 is 6.09 Å². The molecule has 0 radical (unpaired) electrons. The molecule has 9 nitrogen and oxygen atoms in total. The van der Waals surface area contributed by atoms with Gasteiger partial charge in [0.15, 0.2) is 9.84 Å². The second-order valence-corrected chi connectivity index (χ2v) is 14.8. The molecule has 1 saturated carbocycles. The average molecular weight is 678 g/mol. The van der Waals surface area contributed by atoms with E-state index in [4.69, 9.17) is 4.74 Å². The molecule has 0 bridgehead atoms. The second kappa shape index (κ2) is 18.8. The van der Waals surface area contributed by atoms with Crippen LogP contribution in [0, 0.1) is 23.5 Å². The van der Waals surface area contributed by atoms with E-state index in [0.717, 1.165) is 36.6 Å². The Balaban J connectivity index is 1.76. The van der Waals surface area contributed by atoms with Gasteiger partial charge in [-0.1, -0.05) is 57.0 Å². The van der Waals surface area contributed by atoms with E-state index in [9.17, 15) is 31.9 Å². The fraction of sp³-hybridized carbons (Fsp3) is 0.571. The first kappa shape index (κ1) is 38.1. The molecule has 1 aliphatic carbocycles. The second-order valence-electron chi connectivity index (χ2n) is 12.5. The van der Waals surface area contributed by atoms with Crippen molar-refractivity contribution in [1.82, 2.24) is 10.2 Å². The summed E-state index contributed by atoms with van der Waals surface area (Å²) in [5.41, 5.74) is 1.09. The summed E-state index contributed by atoms with van der Waals surface area (Å²) in [6.45, 7) is 7.63. The van der Waals surface area contributed by atoms with E-state index in [1.165, 1.54) is 4.90 Å². The molecule has 2 aromatic rings. The summed E-state index contributed by atoms with van der Waals surface area (Å²) in [4.78, 5) is 32.1. The van der Waals surface area contributed by atoms with Crippen molar-refractivity contribution in [2.45, 2.75) is 89.2 Å². The summed E-state index contributed by atoms with van der Waals surface area (Å²) in [7, 11) is -3.69.